The number of nitrogens with zero attached hydrogens (tertiary/aromatic N) is 3. The third-order valence-corrected chi connectivity index (χ3v) is 4.10. The van der Waals surface area contributed by atoms with Crippen LogP contribution < -0.4 is 10.6 Å². The van der Waals surface area contributed by atoms with Gasteiger partial charge in [0, 0.05) is 24.5 Å². The van der Waals surface area contributed by atoms with E-state index in [1.807, 2.05) is 19.9 Å². The summed E-state index contributed by atoms with van der Waals surface area (Å²) in [7, 11) is 0. The SMILES string of the molecule is CC(=O)Nc1cc(NC(=O)c2ccc(-n3nc(C)cc3C)nc2)ccc1Cl. The van der Waals surface area contributed by atoms with E-state index >= 15 is 0 Å². The summed E-state index contributed by atoms with van der Waals surface area (Å²) >= 11 is 6.04. The van der Waals surface area contributed by atoms with Gasteiger partial charge in [-0.3, -0.25) is 9.59 Å². The van der Waals surface area contributed by atoms with E-state index in [-0.39, 0.29) is 11.8 Å². The molecule has 3 rings (SSSR count). The molecule has 2 amide bonds. The minimum atomic E-state index is -0.321. The van der Waals surface area contributed by atoms with Gasteiger partial charge in [0.25, 0.3) is 5.91 Å². The molecule has 0 aliphatic rings. The van der Waals surface area contributed by atoms with E-state index in [2.05, 4.69) is 20.7 Å². The Bertz CT molecular complexity index is 1010. The predicted molar refractivity (Wildman–Crippen MR) is 105 cm³/mol. The Morgan fingerprint density at radius 2 is 1.85 bits per heavy atom. The van der Waals surface area contributed by atoms with Gasteiger partial charge in [0.1, 0.15) is 0 Å². The Morgan fingerprint density at radius 1 is 1.07 bits per heavy atom. The zero-order valence-corrected chi connectivity index (χ0v) is 15.8. The quantitative estimate of drug-likeness (QED) is 0.718. The average Bonchev–Trinajstić information content (AvgIpc) is 2.96. The van der Waals surface area contributed by atoms with Gasteiger partial charge in [0.05, 0.1) is 22.0 Å². The molecule has 0 fully saturated rings. The van der Waals surface area contributed by atoms with Gasteiger partial charge in [-0.2, -0.15) is 5.10 Å². The number of pyridine rings is 1. The molecule has 0 bridgehead atoms. The molecule has 1 aromatic carbocycles. The first-order valence-corrected chi connectivity index (χ1v) is 8.59. The molecule has 0 saturated carbocycles. The fourth-order valence-corrected chi connectivity index (χ4v) is 2.76. The van der Waals surface area contributed by atoms with E-state index in [1.165, 1.54) is 13.1 Å². The second kappa shape index (κ2) is 7.59. The van der Waals surface area contributed by atoms with Gasteiger partial charge < -0.3 is 10.6 Å². The lowest BCUT2D eigenvalue weighted by molar-refractivity contribution is -0.114. The Labute approximate surface area is 161 Å². The van der Waals surface area contributed by atoms with Crippen LogP contribution in [-0.4, -0.2) is 26.6 Å². The Morgan fingerprint density at radius 3 is 2.44 bits per heavy atom. The van der Waals surface area contributed by atoms with E-state index in [1.54, 1.807) is 35.0 Å². The van der Waals surface area contributed by atoms with E-state index in [9.17, 15) is 9.59 Å². The first-order valence-electron chi connectivity index (χ1n) is 8.21. The average molecular weight is 384 g/mol. The summed E-state index contributed by atoms with van der Waals surface area (Å²) in [5, 5.41) is 10.1. The van der Waals surface area contributed by atoms with Crippen LogP contribution in [0.2, 0.25) is 5.02 Å². The Hall–Kier alpha value is -3.19. The molecule has 0 saturated heterocycles. The third-order valence-electron chi connectivity index (χ3n) is 3.77. The monoisotopic (exact) mass is 383 g/mol. The number of halogens is 1. The van der Waals surface area contributed by atoms with Crippen molar-refractivity contribution in [2.24, 2.45) is 0 Å². The van der Waals surface area contributed by atoms with Crippen LogP contribution in [-0.2, 0) is 4.79 Å². The van der Waals surface area contributed by atoms with Crippen molar-refractivity contribution in [2.45, 2.75) is 20.8 Å². The highest BCUT2D eigenvalue weighted by Crippen LogP contribution is 2.25. The van der Waals surface area contributed by atoms with Gasteiger partial charge in [-0.15, -0.1) is 0 Å². The van der Waals surface area contributed by atoms with Crippen LogP contribution in [0.3, 0.4) is 0 Å². The van der Waals surface area contributed by atoms with Crippen molar-refractivity contribution in [3.63, 3.8) is 0 Å². The molecular formula is C19H18ClN5O2. The van der Waals surface area contributed by atoms with Crippen molar-refractivity contribution in [1.29, 1.82) is 0 Å². The summed E-state index contributed by atoms with van der Waals surface area (Å²) in [6.07, 6.45) is 1.49. The van der Waals surface area contributed by atoms with E-state index in [0.29, 0.717) is 27.8 Å². The first-order chi connectivity index (χ1) is 12.8. The molecule has 8 heteroatoms. The fraction of sp³-hybridized carbons (Fsp3) is 0.158. The number of rotatable bonds is 4. The number of aryl methyl sites for hydroxylation is 2. The molecule has 27 heavy (non-hydrogen) atoms. The van der Waals surface area contributed by atoms with Gasteiger partial charge in [0.15, 0.2) is 5.82 Å². The second-order valence-corrected chi connectivity index (χ2v) is 6.48. The van der Waals surface area contributed by atoms with Gasteiger partial charge >= 0.3 is 0 Å². The maximum Gasteiger partial charge on any atom is 0.257 e. The van der Waals surface area contributed by atoms with Crippen molar-refractivity contribution in [3.05, 3.63) is 64.6 Å². The van der Waals surface area contributed by atoms with Crippen molar-refractivity contribution in [1.82, 2.24) is 14.8 Å². The maximum absolute atomic E-state index is 12.5. The normalized spacial score (nSPS) is 10.5. The zero-order valence-electron chi connectivity index (χ0n) is 15.1. The van der Waals surface area contributed by atoms with Crippen molar-refractivity contribution in [2.75, 3.05) is 10.6 Å². The molecule has 0 radical (unpaired) electrons. The van der Waals surface area contributed by atoms with Crippen LogP contribution >= 0.6 is 11.6 Å². The maximum atomic E-state index is 12.5. The van der Waals surface area contributed by atoms with E-state index in [4.69, 9.17) is 11.6 Å². The minimum Gasteiger partial charge on any atom is -0.325 e. The molecule has 0 unspecified atom stereocenters. The lowest BCUT2D eigenvalue weighted by Gasteiger charge is -2.10. The Kier molecular flexibility index (Phi) is 5.23. The highest BCUT2D eigenvalue weighted by Gasteiger charge is 2.11. The summed E-state index contributed by atoms with van der Waals surface area (Å²) in [6.45, 7) is 5.24. The molecule has 0 aliphatic carbocycles. The number of amides is 2. The summed E-state index contributed by atoms with van der Waals surface area (Å²) in [4.78, 5) is 28.0. The molecule has 3 aromatic rings. The molecule has 0 spiro atoms. The Balaban J connectivity index is 1.77. The van der Waals surface area contributed by atoms with Gasteiger partial charge in [-0.05, 0) is 50.2 Å². The van der Waals surface area contributed by atoms with Gasteiger partial charge in [-0.1, -0.05) is 11.6 Å². The molecule has 138 valence electrons. The minimum absolute atomic E-state index is 0.246. The molecule has 2 aromatic heterocycles. The van der Waals surface area contributed by atoms with Crippen molar-refractivity contribution < 1.29 is 9.59 Å². The highest BCUT2D eigenvalue weighted by molar-refractivity contribution is 6.33. The number of carbonyl (C=O) groups is 2. The lowest BCUT2D eigenvalue weighted by atomic mass is 10.2. The lowest BCUT2D eigenvalue weighted by Crippen LogP contribution is -2.13. The molecule has 0 atom stereocenters. The molecule has 0 aliphatic heterocycles. The number of hydrogen-bond acceptors (Lipinski definition) is 4. The fourth-order valence-electron chi connectivity index (χ4n) is 2.60. The number of benzene rings is 1. The molecular weight excluding hydrogens is 366 g/mol. The number of nitrogens with one attached hydrogen (secondary N) is 2. The van der Waals surface area contributed by atoms with Crippen LogP contribution in [0.15, 0.2) is 42.6 Å². The molecule has 2 N–H and O–H groups in total. The standard InChI is InChI=1S/C19H18ClN5O2/c1-11-8-12(2)25(24-11)18-7-4-14(10-21-18)19(27)23-15-5-6-16(20)17(9-15)22-13(3)26/h4-10H,1-3H3,(H,22,26)(H,23,27). The van der Waals surface area contributed by atoms with E-state index in [0.717, 1.165) is 11.4 Å². The number of aromatic nitrogens is 3. The summed E-state index contributed by atoms with van der Waals surface area (Å²) in [5.41, 5.74) is 3.20. The van der Waals surface area contributed by atoms with Crippen LogP contribution in [0.4, 0.5) is 11.4 Å². The number of carbonyl (C=O) groups excluding carboxylic acids is 2. The van der Waals surface area contributed by atoms with Crippen LogP contribution in [0.5, 0.6) is 0 Å². The topological polar surface area (TPSA) is 88.9 Å². The predicted octanol–water partition coefficient (Wildman–Crippen LogP) is 3.75. The van der Waals surface area contributed by atoms with E-state index < -0.39 is 0 Å². The second-order valence-electron chi connectivity index (χ2n) is 6.07. The number of anilines is 2. The molecule has 7 nitrogen and oxygen atoms in total. The van der Waals surface area contributed by atoms with Crippen LogP contribution in [0, 0.1) is 13.8 Å². The highest BCUT2D eigenvalue weighted by atomic mass is 35.5. The summed E-state index contributed by atoms with van der Waals surface area (Å²) in [5.74, 6) is 0.0689. The number of hydrogen-bond donors (Lipinski definition) is 2. The largest absolute Gasteiger partial charge is 0.325 e. The van der Waals surface area contributed by atoms with Crippen LogP contribution in [0.25, 0.3) is 5.82 Å². The van der Waals surface area contributed by atoms with Gasteiger partial charge in [0.2, 0.25) is 5.91 Å². The summed E-state index contributed by atoms with van der Waals surface area (Å²) in [6, 6.07) is 10.2. The van der Waals surface area contributed by atoms with Crippen molar-refractivity contribution >= 4 is 34.8 Å². The van der Waals surface area contributed by atoms with Gasteiger partial charge in [-0.25, -0.2) is 9.67 Å². The third kappa shape index (κ3) is 4.32. The molecule has 2 heterocycles. The smallest absolute Gasteiger partial charge is 0.257 e. The van der Waals surface area contributed by atoms with Crippen LogP contribution in [0.1, 0.15) is 28.7 Å². The first kappa shape index (κ1) is 18.6. The zero-order chi connectivity index (χ0) is 19.6. The van der Waals surface area contributed by atoms with Crippen molar-refractivity contribution in [3.8, 4) is 5.82 Å². The summed E-state index contributed by atoms with van der Waals surface area (Å²) < 4.78 is 1.72.